The lowest BCUT2D eigenvalue weighted by molar-refractivity contribution is -0.195. The van der Waals surface area contributed by atoms with E-state index in [1.54, 1.807) is 12.1 Å². The van der Waals surface area contributed by atoms with E-state index < -0.39 is 65.7 Å². The van der Waals surface area contributed by atoms with E-state index in [-0.39, 0.29) is 41.5 Å². The topological polar surface area (TPSA) is 129 Å². The van der Waals surface area contributed by atoms with Gasteiger partial charge < -0.3 is 10.5 Å². The monoisotopic (exact) mass is 749 g/mol. The molecule has 6 rings (SSSR count). The van der Waals surface area contributed by atoms with Crippen LogP contribution >= 0.6 is 23.1 Å². The van der Waals surface area contributed by atoms with Crippen LogP contribution in [0.1, 0.15) is 75.9 Å². The number of halogens is 6. The van der Waals surface area contributed by atoms with Gasteiger partial charge >= 0.3 is 12.1 Å². The van der Waals surface area contributed by atoms with Gasteiger partial charge in [-0.3, -0.25) is 14.5 Å². The molecule has 51 heavy (non-hydrogen) atoms. The van der Waals surface area contributed by atoms with Crippen LogP contribution in [0, 0.1) is 10.8 Å². The molecule has 0 radical (unpaired) electrons. The summed E-state index contributed by atoms with van der Waals surface area (Å²) in [6.07, 6.45) is -7.82. The minimum absolute atomic E-state index is 0.000541. The zero-order valence-corrected chi connectivity index (χ0v) is 29.2. The van der Waals surface area contributed by atoms with Crippen molar-refractivity contribution in [3.8, 4) is 16.9 Å². The van der Waals surface area contributed by atoms with Crippen molar-refractivity contribution in [2.75, 3.05) is 6.61 Å². The number of hydrogen-bond donors (Lipinski definition) is 1. The number of benzene rings is 2. The molecule has 10 nitrogen and oxygen atoms in total. The number of ether oxygens (including phenoxy) is 1. The van der Waals surface area contributed by atoms with Crippen molar-refractivity contribution in [3.05, 3.63) is 82.2 Å². The van der Waals surface area contributed by atoms with E-state index in [0.717, 1.165) is 27.2 Å². The van der Waals surface area contributed by atoms with E-state index in [4.69, 9.17) is 27.1 Å². The molecule has 1 saturated carbocycles. The SMILES string of the molecule is CC(C)(C)C[C@]1(c2ccc(-c3ccsn3)cc2)N=C(N)N([C@H](COC(=O)CC2(C(F)(F)F)CC2)c2ccc(Cl)c(-n3ncnc3C(F)F)c2)C1=O. The Morgan fingerprint density at radius 3 is 2.39 bits per heavy atom. The van der Waals surface area contributed by atoms with E-state index in [2.05, 4.69) is 14.5 Å². The van der Waals surface area contributed by atoms with E-state index >= 15 is 0 Å². The largest absolute Gasteiger partial charge is 0.463 e. The van der Waals surface area contributed by atoms with Gasteiger partial charge in [-0.2, -0.15) is 22.6 Å². The van der Waals surface area contributed by atoms with Gasteiger partial charge in [-0.15, -0.1) is 0 Å². The molecule has 2 N–H and O–H groups in total. The molecule has 17 heteroatoms. The number of alkyl halides is 5. The molecule has 2 aromatic heterocycles. The highest BCUT2D eigenvalue weighted by atomic mass is 35.5. The fourth-order valence-electron chi connectivity index (χ4n) is 6.37. The standard InChI is InChI=1S/C34H33ClF5N7O3S/c1-31(2,3)17-33(21-7-4-19(5-8-21)23-10-13-51-45-23)29(49)46(30(41)44-33)25(16-50-26(48)15-32(11-12-32)34(38,39)40)20-6-9-22(35)24(14-20)47-28(27(36)37)42-18-43-47/h4-10,13-14,18,25,27H,11-12,15-17H2,1-3H3,(H2,41,44)/t25-,33-/m1/s1. The molecule has 2 aliphatic rings. The number of amides is 1. The predicted octanol–water partition coefficient (Wildman–Crippen LogP) is 7.79. The lowest BCUT2D eigenvalue weighted by Gasteiger charge is -2.35. The summed E-state index contributed by atoms with van der Waals surface area (Å²) in [5.74, 6) is -2.66. The van der Waals surface area contributed by atoms with Crippen LogP contribution in [0.2, 0.25) is 5.02 Å². The van der Waals surface area contributed by atoms with Crippen molar-refractivity contribution in [1.82, 2.24) is 24.0 Å². The van der Waals surface area contributed by atoms with Gasteiger partial charge in [0.15, 0.2) is 17.3 Å². The molecular formula is C34H33ClF5N7O3S. The first-order valence-electron chi connectivity index (χ1n) is 15.9. The molecule has 1 aliphatic heterocycles. The summed E-state index contributed by atoms with van der Waals surface area (Å²) in [6, 6.07) is 11.9. The Morgan fingerprint density at radius 2 is 1.80 bits per heavy atom. The average Bonchev–Trinajstić information content (AvgIpc) is 3.38. The highest BCUT2D eigenvalue weighted by molar-refractivity contribution is 7.03. The zero-order valence-electron chi connectivity index (χ0n) is 27.6. The number of aliphatic imine (C=N–C) groups is 1. The Morgan fingerprint density at radius 1 is 1.10 bits per heavy atom. The van der Waals surface area contributed by atoms with Crippen molar-refractivity contribution in [3.63, 3.8) is 0 Å². The summed E-state index contributed by atoms with van der Waals surface area (Å²) >= 11 is 7.72. The molecule has 2 aromatic carbocycles. The normalized spacial score (nSPS) is 19.4. The first-order chi connectivity index (χ1) is 23.9. The van der Waals surface area contributed by atoms with Crippen molar-refractivity contribution in [2.24, 2.45) is 21.6 Å². The van der Waals surface area contributed by atoms with E-state index in [0.29, 0.717) is 5.56 Å². The van der Waals surface area contributed by atoms with Gasteiger partial charge in [0.2, 0.25) is 0 Å². The summed E-state index contributed by atoms with van der Waals surface area (Å²) in [6.45, 7) is 5.15. The number of guanidine groups is 1. The number of carbonyl (C=O) groups excluding carboxylic acids is 2. The number of nitrogens with zero attached hydrogens (tertiary/aromatic N) is 6. The highest BCUT2D eigenvalue weighted by Crippen LogP contribution is 2.60. The maximum Gasteiger partial charge on any atom is 0.395 e. The second-order valence-electron chi connectivity index (χ2n) is 13.9. The third-order valence-corrected chi connectivity index (χ3v) is 9.89. The number of nitrogens with two attached hydrogens (primary N) is 1. The first-order valence-corrected chi connectivity index (χ1v) is 17.1. The summed E-state index contributed by atoms with van der Waals surface area (Å²) in [4.78, 5) is 37.3. The minimum Gasteiger partial charge on any atom is -0.463 e. The van der Waals surface area contributed by atoms with E-state index in [1.807, 2.05) is 44.4 Å². The van der Waals surface area contributed by atoms with Crippen molar-refractivity contribution in [2.45, 2.75) is 70.6 Å². The molecule has 0 unspecified atom stereocenters. The van der Waals surface area contributed by atoms with Crippen LogP contribution in [0.4, 0.5) is 22.0 Å². The van der Waals surface area contributed by atoms with Crippen LogP contribution in [0.15, 0.2) is 65.2 Å². The Bertz CT molecular complexity index is 1960. The Kier molecular flexibility index (Phi) is 9.46. The zero-order chi connectivity index (χ0) is 36.9. The minimum atomic E-state index is -4.60. The highest BCUT2D eigenvalue weighted by Gasteiger charge is 2.64. The fraction of sp³-hybridized carbons (Fsp3) is 0.412. The number of esters is 1. The molecule has 0 bridgehead atoms. The molecule has 0 saturated heterocycles. The van der Waals surface area contributed by atoms with Crippen molar-refractivity contribution in [1.29, 1.82) is 0 Å². The number of aromatic nitrogens is 4. The first kappa shape index (κ1) is 36.4. The molecule has 0 spiro atoms. The van der Waals surface area contributed by atoms with Gasteiger partial charge in [0.25, 0.3) is 12.3 Å². The summed E-state index contributed by atoms with van der Waals surface area (Å²) in [7, 11) is 0. The second kappa shape index (κ2) is 13.3. The maximum atomic E-state index is 14.9. The molecule has 2 atom stereocenters. The Balaban J connectivity index is 1.41. The third-order valence-electron chi connectivity index (χ3n) is 9.01. The maximum absolute atomic E-state index is 14.9. The van der Waals surface area contributed by atoms with Gasteiger partial charge in [-0.05, 0) is 65.5 Å². The number of carbonyl (C=O) groups is 2. The summed E-state index contributed by atoms with van der Waals surface area (Å²) in [5.41, 5.74) is 4.60. The predicted molar refractivity (Wildman–Crippen MR) is 179 cm³/mol. The Labute approximate surface area is 298 Å². The van der Waals surface area contributed by atoms with Crippen LogP contribution in [-0.4, -0.2) is 54.7 Å². The lowest BCUT2D eigenvalue weighted by atomic mass is 9.75. The molecule has 3 heterocycles. The van der Waals surface area contributed by atoms with Gasteiger partial charge in [0.1, 0.15) is 12.9 Å². The van der Waals surface area contributed by atoms with Crippen LogP contribution in [-0.2, 0) is 19.9 Å². The van der Waals surface area contributed by atoms with E-state index in [9.17, 15) is 31.5 Å². The summed E-state index contributed by atoms with van der Waals surface area (Å²) < 4.78 is 79.3. The van der Waals surface area contributed by atoms with Gasteiger partial charge in [-0.25, -0.2) is 23.4 Å². The average molecular weight is 750 g/mol. The number of hydrogen-bond acceptors (Lipinski definition) is 9. The van der Waals surface area contributed by atoms with Crippen LogP contribution < -0.4 is 5.73 Å². The summed E-state index contributed by atoms with van der Waals surface area (Å²) in [5, 5.41) is 5.73. The van der Waals surface area contributed by atoms with E-state index in [1.165, 1.54) is 29.7 Å². The lowest BCUT2D eigenvalue weighted by Crippen LogP contribution is -2.47. The molecule has 1 aliphatic carbocycles. The molecule has 270 valence electrons. The second-order valence-corrected chi connectivity index (χ2v) is 15.0. The molecule has 4 aromatic rings. The molecular weight excluding hydrogens is 717 g/mol. The third kappa shape index (κ3) is 7.07. The van der Waals surface area contributed by atoms with Gasteiger partial charge in [-0.1, -0.05) is 62.7 Å². The quantitative estimate of drug-likeness (QED) is 0.123. The fourth-order valence-corrected chi connectivity index (χ4v) is 7.10. The Hall–Kier alpha value is -4.44. The molecule has 1 amide bonds. The smallest absolute Gasteiger partial charge is 0.395 e. The van der Waals surface area contributed by atoms with Crippen LogP contribution in [0.5, 0.6) is 0 Å². The van der Waals surface area contributed by atoms with Crippen molar-refractivity contribution >= 4 is 41.0 Å². The van der Waals surface area contributed by atoms with Gasteiger partial charge in [0.05, 0.1) is 34.3 Å². The van der Waals surface area contributed by atoms with Gasteiger partial charge in [0, 0.05) is 10.9 Å². The van der Waals surface area contributed by atoms with Crippen LogP contribution in [0.25, 0.3) is 16.9 Å². The van der Waals surface area contributed by atoms with Crippen LogP contribution in [0.3, 0.4) is 0 Å². The van der Waals surface area contributed by atoms with Crippen molar-refractivity contribution < 1.29 is 36.3 Å². The molecule has 1 fully saturated rings. The number of rotatable bonds is 11.